The van der Waals surface area contributed by atoms with Crippen LogP contribution < -0.4 is 10.6 Å². The van der Waals surface area contributed by atoms with Crippen LogP contribution >= 0.6 is 11.3 Å². The van der Waals surface area contributed by atoms with E-state index in [1.54, 1.807) is 11.3 Å². The van der Waals surface area contributed by atoms with Gasteiger partial charge in [-0.1, -0.05) is 12.1 Å². The molecule has 8 heteroatoms. The Labute approximate surface area is 172 Å². The fourth-order valence-corrected chi connectivity index (χ4v) is 5.56. The molecule has 2 aliphatic heterocycles. The Morgan fingerprint density at radius 2 is 1.86 bits per heavy atom. The molecule has 1 unspecified atom stereocenters. The van der Waals surface area contributed by atoms with E-state index in [4.69, 9.17) is 0 Å². The Morgan fingerprint density at radius 3 is 2.62 bits per heavy atom. The molecule has 0 amide bonds. The van der Waals surface area contributed by atoms with E-state index in [9.17, 15) is 0 Å². The number of thiazole rings is 1. The maximum Gasteiger partial charge on any atom is 0.148 e. The second-order valence-electron chi connectivity index (χ2n) is 7.93. The van der Waals surface area contributed by atoms with Crippen molar-refractivity contribution < 1.29 is 0 Å². The summed E-state index contributed by atoms with van der Waals surface area (Å²) in [5.41, 5.74) is 6.90. The summed E-state index contributed by atoms with van der Waals surface area (Å²) in [6.45, 7) is 0. The Balaban J connectivity index is 1.27. The van der Waals surface area contributed by atoms with Crippen LogP contribution in [0.25, 0.3) is 32.6 Å². The van der Waals surface area contributed by atoms with Gasteiger partial charge in [0.25, 0.3) is 0 Å². The quantitative estimate of drug-likeness (QED) is 0.480. The summed E-state index contributed by atoms with van der Waals surface area (Å²) in [5.74, 6) is 0.857. The molecule has 2 fully saturated rings. The molecule has 0 radical (unpaired) electrons. The molecule has 3 aromatic heterocycles. The van der Waals surface area contributed by atoms with Gasteiger partial charge in [0.15, 0.2) is 0 Å². The zero-order valence-electron chi connectivity index (χ0n) is 15.8. The SMILES string of the molecule is c1nc2c(-c3cn[nH]c3)ccc(-c3ccc(NC4C[C@H]5CC[C@@H](C4)N5)nn3)c2s1. The minimum absolute atomic E-state index is 0.483. The number of aromatic nitrogens is 5. The zero-order chi connectivity index (χ0) is 19.2. The van der Waals surface area contributed by atoms with Gasteiger partial charge in [0.2, 0.25) is 0 Å². The summed E-state index contributed by atoms with van der Waals surface area (Å²) >= 11 is 1.63. The molecule has 7 nitrogen and oxygen atoms in total. The van der Waals surface area contributed by atoms with Crippen LogP contribution in [0, 0.1) is 0 Å². The number of benzene rings is 1. The summed E-state index contributed by atoms with van der Waals surface area (Å²) in [5, 5.41) is 23.2. The first kappa shape index (κ1) is 17.1. The van der Waals surface area contributed by atoms with Crippen molar-refractivity contribution in [3.8, 4) is 22.4 Å². The van der Waals surface area contributed by atoms with Crippen molar-refractivity contribution in [2.45, 2.75) is 43.8 Å². The molecule has 0 aliphatic carbocycles. The van der Waals surface area contributed by atoms with Gasteiger partial charge in [0, 0.05) is 41.0 Å². The average molecular weight is 404 g/mol. The number of hydrogen-bond donors (Lipinski definition) is 3. The Hall–Kier alpha value is -2.84. The first-order valence-electron chi connectivity index (χ1n) is 10.1. The van der Waals surface area contributed by atoms with Gasteiger partial charge in [-0.05, 0) is 37.8 Å². The van der Waals surface area contributed by atoms with Gasteiger partial charge < -0.3 is 10.6 Å². The molecule has 1 aromatic carbocycles. The van der Waals surface area contributed by atoms with Gasteiger partial charge in [0.1, 0.15) is 5.82 Å². The van der Waals surface area contributed by atoms with Crippen molar-refractivity contribution in [3.05, 3.63) is 42.2 Å². The molecule has 2 bridgehead atoms. The minimum Gasteiger partial charge on any atom is -0.366 e. The molecular formula is C21H21N7S. The van der Waals surface area contributed by atoms with E-state index in [0.29, 0.717) is 18.1 Å². The first-order chi connectivity index (χ1) is 14.3. The van der Waals surface area contributed by atoms with Crippen molar-refractivity contribution in [1.82, 2.24) is 30.7 Å². The van der Waals surface area contributed by atoms with Gasteiger partial charge in [-0.2, -0.15) is 5.10 Å². The average Bonchev–Trinajstić information content (AvgIpc) is 3.49. The molecule has 29 heavy (non-hydrogen) atoms. The third-order valence-electron chi connectivity index (χ3n) is 6.06. The molecule has 0 saturated carbocycles. The Kier molecular flexibility index (Phi) is 4.05. The number of piperidine rings is 1. The maximum absolute atomic E-state index is 4.59. The van der Waals surface area contributed by atoms with Crippen molar-refractivity contribution in [3.63, 3.8) is 0 Å². The van der Waals surface area contributed by atoms with E-state index >= 15 is 0 Å². The van der Waals surface area contributed by atoms with Crippen LogP contribution in [0.1, 0.15) is 25.7 Å². The minimum atomic E-state index is 0.483. The molecule has 5 heterocycles. The van der Waals surface area contributed by atoms with Crippen LogP contribution in [0.15, 0.2) is 42.2 Å². The molecule has 4 aromatic rings. The van der Waals surface area contributed by atoms with Crippen LogP contribution in [0.3, 0.4) is 0 Å². The summed E-state index contributed by atoms with van der Waals surface area (Å²) in [4.78, 5) is 4.59. The van der Waals surface area contributed by atoms with Crippen molar-refractivity contribution in [1.29, 1.82) is 0 Å². The zero-order valence-corrected chi connectivity index (χ0v) is 16.6. The highest BCUT2D eigenvalue weighted by molar-refractivity contribution is 7.17. The predicted octanol–water partition coefficient (Wildman–Crippen LogP) is 3.84. The number of nitrogens with one attached hydrogen (secondary N) is 3. The highest BCUT2D eigenvalue weighted by atomic mass is 32.1. The maximum atomic E-state index is 4.59. The third kappa shape index (κ3) is 3.08. The van der Waals surface area contributed by atoms with Crippen LogP contribution in [0.4, 0.5) is 5.82 Å². The second kappa shape index (κ2) is 6.89. The highest BCUT2D eigenvalue weighted by Gasteiger charge is 2.33. The lowest BCUT2D eigenvalue weighted by Gasteiger charge is -2.29. The van der Waals surface area contributed by atoms with Crippen molar-refractivity contribution >= 4 is 27.4 Å². The molecule has 6 rings (SSSR count). The number of nitrogens with zero attached hydrogens (tertiary/aromatic N) is 4. The summed E-state index contributed by atoms with van der Waals surface area (Å²) < 4.78 is 1.12. The van der Waals surface area contributed by atoms with Crippen LogP contribution in [-0.4, -0.2) is 43.5 Å². The van der Waals surface area contributed by atoms with Gasteiger partial charge in [-0.3, -0.25) is 5.10 Å². The fourth-order valence-electron chi connectivity index (χ4n) is 4.72. The van der Waals surface area contributed by atoms with Gasteiger partial charge in [0.05, 0.1) is 27.6 Å². The normalized spacial score (nSPS) is 23.5. The molecule has 0 spiro atoms. The molecule has 3 atom stereocenters. The molecular weight excluding hydrogens is 382 g/mol. The molecule has 2 saturated heterocycles. The number of rotatable bonds is 4. The summed E-state index contributed by atoms with van der Waals surface area (Å²) in [6.07, 6.45) is 8.64. The lowest BCUT2D eigenvalue weighted by molar-refractivity contribution is 0.377. The summed E-state index contributed by atoms with van der Waals surface area (Å²) in [6, 6.07) is 10.1. The molecule has 3 N–H and O–H groups in total. The number of hydrogen-bond acceptors (Lipinski definition) is 7. The molecule has 2 aliphatic rings. The van der Waals surface area contributed by atoms with Crippen molar-refractivity contribution in [2.75, 3.05) is 5.32 Å². The molecule has 146 valence electrons. The predicted molar refractivity (Wildman–Crippen MR) is 115 cm³/mol. The lowest BCUT2D eigenvalue weighted by Crippen LogP contribution is -2.43. The van der Waals surface area contributed by atoms with E-state index < -0.39 is 0 Å². The van der Waals surface area contributed by atoms with Gasteiger partial charge >= 0.3 is 0 Å². The van der Waals surface area contributed by atoms with E-state index in [1.807, 2.05) is 24.0 Å². The number of fused-ring (bicyclic) bond motifs is 3. The topological polar surface area (TPSA) is 91.4 Å². The van der Waals surface area contributed by atoms with Crippen LogP contribution in [0.2, 0.25) is 0 Å². The van der Waals surface area contributed by atoms with E-state index in [0.717, 1.165) is 51.3 Å². The monoisotopic (exact) mass is 403 g/mol. The van der Waals surface area contributed by atoms with E-state index in [1.165, 1.54) is 12.8 Å². The highest BCUT2D eigenvalue weighted by Crippen LogP contribution is 2.36. The fraction of sp³-hybridized carbons (Fsp3) is 0.333. The summed E-state index contributed by atoms with van der Waals surface area (Å²) in [7, 11) is 0. The number of aromatic amines is 1. The largest absolute Gasteiger partial charge is 0.366 e. The van der Waals surface area contributed by atoms with E-state index in [2.05, 4.69) is 54.2 Å². The number of anilines is 1. The van der Waals surface area contributed by atoms with Gasteiger partial charge in [-0.25, -0.2) is 4.98 Å². The van der Waals surface area contributed by atoms with E-state index in [-0.39, 0.29) is 0 Å². The Morgan fingerprint density at radius 1 is 1.00 bits per heavy atom. The number of H-pyrrole nitrogens is 1. The first-order valence-corrected chi connectivity index (χ1v) is 10.9. The third-order valence-corrected chi connectivity index (χ3v) is 6.92. The smallest absolute Gasteiger partial charge is 0.148 e. The Bertz CT molecular complexity index is 1120. The van der Waals surface area contributed by atoms with Gasteiger partial charge in [-0.15, -0.1) is 21.5 Å². The standard InChI is InChI=1S/C21H21N7S/c1-2-14-8-15(7-13(1)25-14)26-19-6-5-18(27-28-19)17-4-3-16(12-9-23-24-10-12)20-21(17)29-11-22-20/h3-6,9-11,13-15,25H,1-2,7-8H2,(H,23,24)(H,26,28)/t13-,14+,15?. The van der Waals surface area contributed by atoms with Crippen molar-refractivity contribution in [2.24, 2.45) is 0 Å². The second-order valence-corrected chi connectivity index (χ2v) is 8.79. The lowest BCUT2D eigenvalue weighted by atomic mass is 10.00. The van der Waals surface area contributed by atoms with Crippen LogP contribution in [0.5, 0.6) is 0 Å². The van der Waals surface area contributed by atoms with Crippen LogP contribution in [-0.2, 0) is 0 Å².